The van der Waals surface area contributed by atoms with Gasteiger partial charge in [-0.1, -0.05) is 5.16 Å². The number of carbonyl (C=O) groups excluding carboxylic acids is 1. The molecule has 0 heterocycles. The van der Waals surface area contributed by atoms with E-state index in [1.165, 1.54) is 0 Å². The van der Waals surface area contributed by atoms with E-state index in [0.717, 1.165) is 0 Å². The maximum Gasteiger partial charge on any atom is 0.456 e. The third kappa shape index (κ3) is 2.22. The molecule has 0 spiro atoms. The first-order valence-corrected chi connectivity index (χ1v) is 2.37. The van der Waals surface area contributed by atoms with Crippen LogP contribution < -0.4 is 0 Å². The van der Waals surface area contributed by atoms with Gasteiger partial charge in [-0.2, -0.15) is 13.2 Å². The molecule has 0 unspecified atom stereocenters. The van der Waals surface area contributed by atoms with E-state index in [0.29, 0.717) is 0 Å². The first-order valence-electron chi connectivity index (χ1n) is 2.37. The minimum atomic E-state index is -5.35. The van der Waals surface area contributed by atoms with Crippen molar-refractivity contribution in [3.63, 3.8) is 0 Å². The summed E-state index contributed by atoms with van der Waals surface area (Å²) in [6, 6.07) is 0. The van der Waals surface area contributed by atoms with Crippen LogP contribution in [0.4, 0.5) is 13.2 Å². The highest BCUT2D eigenvalue weighted by Gasteiger charge is 2.44. The number of oxime groups is 1. The summed E-state index contributed by atoms with van der Waals surface area (Å²) in [5, 5.41) is 17.3. The van der Waals surface area contributed by atoms with Gasteiger partial charge in [0.2, 0.25) is 5.71 Å². The third-order valence-electron chi connectivity index (χ3n) is 0.775. The third-order valence-corrected chi connectivity index (χ3v) is 0.775. The van der Waals surface area contributed by atoms with E-state index < -0.39 is 23.6 Å². The van der Waals surface area contributed by atoms with Crippen LogP contribution in [0.25, 0.3) is 0 Å². The number of carbonyl (C=O) groups is 2. The summed E-state index contributed by atoms with van der Waals surface area (Å²) in [5.74, 6) is -4.93. The van der Waals surface area contributed by atoms with Crippen molar-refractivity contribution in [2.75, 3.05) is 0 Å². The smallest absolute Gasteiger partial charge is 0.456 e. The number of nitrogens with zero attached hydrogens (tertiary/aromatic N) is 1. The predicted octanol–water partition coefficient (Wildman–Crippen LogP) is 0.0326. The number of ketones is 1. The Bertz CT molecular complexity index is 243. The van der Waals surface area contributed by atoms with Crippen molar-refractivity contribution in [1.82, 2.24) is 0 Å². The number of carboxylic acids is 1. The van der Waals surface area contributed by atoms with Gasteiger partial charge in [0.1, 0.15) is 0 Å². The molecule has 5 nitrogen and oxygen atoms in total. The monoisotopic (exact) mass is 185 g/mol. The summed E-state index contributed by atoms with van der Waals surface area (Å²) in [4.78, 5) is 19.8. The fraction of sp³-hybridized carbons (Fsp3) is 0.250. The Morgan fingerprint density at radius 3 is 1.75 bits per heavy atom. The van der Waals surface area contributed by atoms with Gasteiger partial charge in [0.05, 0.1) is 0 Å². The quantitative estimate of drug-likeness (QED) is 0.275. The average molecular weight is 185 g/mol. The molecule has 8 heteroatoms. The SMILES string of the molecule is O=C(O)C(=NO)C(=O)C(F)(F)F. The number of rotatable bonds is 2. The maximum absolute atomic E-state index is 11.4. The second-order valence-electron chi connectivity index (χ2n) is 1.58. The zero-order chi connectivity index (χ0) is 9.94. The van der Waals surface area contributed by atoms with Crippen molar-refractivity contribution in [1.29, 1.82) is 0 Å². The average Bonchev–Trinajstić information content (AvgIpc) is 1.86. The Morgan fingerprint density at radius 2 is 1.67 bits per heavy atom. The topological polar surface area (TPSA) is 87.0 Å². The van der Waals surface area contributed by atoms with Gasteiger partial charge >= 0.3 is 12.1 Å². The van der Waals surface area contributed by atoms with Crippen LogP contribution in [0.3, 0.4) is 0 Å². The van der Waals surface area contributed by atoms with Gasteiger partial charge in [-0.15, -0.1) is 0 Å². The number of hydrogen-bond acceptors (Lipinski definition) is 4. The summed E-state index contributed by atoms with van der Waals surface area (Å²) >= 11 is 0. The molecule has 12 heavy (non-hydrogen) atoms. The Morgan fingerprint density at radius 1 is 1.25 bits per heavy atom. The summed E-state index contributed by atoms with van der Waals surface area (Å²) in [6.07, 6.45) is -5.35. The van der Waals surface area contributed by atoms with Gasteiger partial charge in [-0.3, -0.25) is 4.79 Å². The Balaban J connectivity index is 4.82. The summed E-state index contributed by atoms with van der Waals surface area (Å²) in [7, 11) is 0. The standard InChI is InChI=1S/C4H2F3NO4/c5-4(6,7)2(9)1(8-12)3(10)11/h12H,(H,10,11). The van der Waals surface area contributed by atoms with Crippen molar-refractivity contribution in [3.05, 3.63) is 0 Å². The fourth-order valence-corrected chi connectivity index (χ4v) is 0.320. The Kier molecular flexibility index (Phi) is 2.77. The predicted molar refractivity (Wildman–Crippen MR) is 27.9 cm³/mol. The van der Waals surface area contributed by atoms with Gasteiger partial charge < -0.3 is 10.3 Å². The van der Waals surface area contributed by atoms with E-state index in [-0.39, 0.29) is 0 Å². The fourth-order valence-electron chi connectivity index (χ4n) is 0.320. The zero-order valence-electron chi connectivity index (χ0n) is 5.29. The molecule has 0 saturated carbocycles. The molecule has 0 amide bonds. The van der Waals surface area contributed by atoms with E-state index in [9.17, 15) is 22.8 Å². The molecule has 0 atom stereocenters. The highest BCUT2D eigenvalue weighted by molar-refractivity contribution is 6.64. The minimum Gasteiger partial charge on any atom is -0.476 e. The molecule has 0 aromatic carbocycles. The normalized spacial score (nSPS) is 12.8. The highest BCUT2D eigenvalue weighted by atomic mass is 19.4. The van der Waals surface area contributed by atoms with Gasteiger partial charge in [0, 0.05) is 0 Å². The van der Waals surface area contributed by atoms with Crippen LogP contribution in [0.2, 0.25) is 0 Å². The zero-order valence-corrected chi connectivity index (χ0v) is 5.29. The second kappa shape index (κ2) is 3.20. The van der Waals surface area contributed by atoms with Crippen LogP contribution in [-0.2, 0) is 9.59 Å². The van der Waals surface area contributed by atoms with Crippen LogP contribution in [0, 0.1) is 0 Å². The first-order chi connectivity index (χ1) is 5.30. The maximum atomic E-state index is 11.4. The molecule has 0 aliphatic rings. The van der Waals surface area contributed by atoms with Crippen molar-refractivity contribution >= 4 is 17.5 Å². The molecular formula is C4H2F3NO4. The van der Waals surface area contributed by atoms with Crippen LogP contribution >= 0.6 is 0 Å². The molecular weight excluding hydrogens is 183 g/mol. The number of halogens is 3. The lowest BCUT2D eigenvalue weighted by Crippen LogP contribution is -2.35. The van der Waals surface area contributed by atoms with E-state index in [4.69, 9.17) is 10.3 Å². The second-order valence-corrected chi connectivity index (χ2v) is 1.58. The van der Waals surface area contributed by atoms with Crippen molar-refractivity contribution in [2.45, 2.75) is 6.18 Å². The van der Waals surface area contributed by atoms with E-state index >= 15 is 0 Å². The van der Waals surface area contributed by atoms with Gasteiger partial charge in [0.15, 0.2) is 0 Å². The molecule has 0 saturated heterocycles. The number of alkyl halides is 3. The van der Waals surface area contributed by atoms with Gasteiger partial charge in [-0.25, -0.2) is 4.79 Å². The first kappa shape index (κ1) is 10.4. The molecule has 0 aliphatic carbocycles. The Labute approximate surface area is 63.1 Å². The molecule has 2 N–H and O–H groups in total. The van der Waals surface area contributed by atoms with E-state index in [2.05, 4.69) is 0 Å². The van der Waals surface area contributed by atoms with Gasteiger partial charge in [-0.05, 0) is 0 Å². The van der Waals surface area contributed by atoms with E-state index in [1.807, 2.05) is 0 Å². The summed E-state index contributed by atoms with van der Waals surface area (Å²) in [6.45, 7) is 0. The lowest BCUT2D eigenvalue weighted by atomic mass is 10.2. The number of aliphatic carboxylic acids is 1. The summed E-state index contributed by atoms with van der Waals surface area (Å²) < 4.78 is 34.3. The molecule has 0 radical (unpaired) electrons. The highest BCUT2D eigenvalue weighted by Crippen LogP contribution is 2.16. The van der Waals surface area contributed by atoms with Crippen molar-refractivity contribution in [2.24, 2.45) is 5.16 Å². The van der Waals surface area contributed by atoms with Crippen LogP contribution in [0.5, 0.6) is 0 Å². The number of hydrogen-bond donors (Lipinski definition) is 2. The minimum absolute atomic E-state index is 1.70. The van der Waals surface area contributed by atoms with Crippen molar-refractivity contribution in [3.8, 4) is 0 Å². The molecule has 0 aliphatic heterocycles. The largest absolute Gasteiger partial charge is 0.476 e. The van der Waals surface area contributed by atoms with Crippen molar-refractivity contribution < 1.29 is 33.1 Å². The number of Topliss-reactive ketones (excluding diaryl/α,β-unsaturated/α-hetero) is 1. The molecule has 0 aromatic rings. The molecule has 0 fully saturated rings. The molecule has 0 bridgehead atoms. The summed E-state index contributed by atoms with van der Waals surface area (Å²) in [5.41, 5.74) is -1.96. The molecule has 68 valence electrons. The molecule has 0 aromatic heterocycles. The molecule has 0 rings (SSSR count). The Hall–Kier alpha value is -1.60. The number of carboxylic acid groups (broad SMARTS) is 1. The lowest BCUT2D eigenvalue weighted by Gasteiger charge is -2.01. The van der Waals surface area contributed by atoms with Crippen LogP contribution in [0.1, 0.15) is 0 Å². The van der Waals surface area contributed by atoms with Crippen LogP contribution in [-0.4, -0.2) is 34.0 Å². The van der Waals surface area contributed by atoms with E-state index in [1.54, 1.807) is 5.16 Å². The lowest BCUT2D eigenvalue weighted by molar-refractivity contribution is -0.164. The van der Waals surface area contributed by atoms with Crippen LogP contribution in [0.15, 0.2) is 5.16 Å². The van der Waals surface area contributed by atoms with Gasteiger partial charge in [0.25, 0.3) is 5.78 Å².